The largest absolute Gasteiger partial charge is 0.493 e. The summed E-state index contributed by atoms with van der Waals surface area (Å²) < 4.78 is 6.03. The summed E-state index contributed by atoms with van der Waals surface area (Å²) in [4.78, 5) is 27.6. The van der Waals surface area contributed by atoms with Gasteiger partial charge >= 0.3 is 5.97 Å². The molecule has 182 valence electrons. The second kappa shape index (κ2) is 11.6. The number of benzene rings is 3. The molecule has 0 saturated carbocycles. The fraction of sp³-hybridized carbons (Fsp3) is 0.310. The minimum atomic E-state index is -1.10. The highest BCUT2D eigenvalue weighted by Gasteiger charge is 2.20. The number of nitrogens with zero attached hydrogens (tertiary/aromatic N) is 1. The molecule has 1 fully saturated rings. The van der Waals surface area contributed by atoms with Gasteiger partial charge in [0, 0.05) is 24.8 Å². The second-order valence-corrected chi connectivity index (χ2v) is 8.82. The van der Waals surface area contributed by atoms with Crippen LogP contribution in [0.4, 0.5) is 11.4 Å². The van der Waals surface area contributed by atoms with Crippen molar-refractivity contribution >= 4 is 23.3 Å². The highest BCUT2D eigenvalue weighted by Crippen LogP contribution is 2.31. The number of carbonyl (C=O) groups excluding carboxylic acids is 1. The maximum absolute atomic E-state index is 13.4. The number of carboxylic acids is 1. The van der Waals surface area contributed by atoms with E-state index in [1.54, 1.807) is 18.2 Å². The summed E-state index contributed by atoms with van der Waals surface area (Å²) >= 11 is 0. The van der Waals surface area contributed by atoms with Gasteiger partial charge in [-0.05, 0) is 61.1 Å². The van der Waals surface area contributed by atoms with Gasteiger partial charge in [-0.15, -0.1) is 0 Å². The highest BCUT2D eigenvalue weighted by molar-refractivity contribution is 6.09. The van der Waals surface area contributed by atoms with Gasteiger partial charge in [-0.3, -0.25) is 4.79 Å². The van der Waals surface area contributed by atoms with Crippen molar-refractivity contribution in [1.29, 1.82) is 0 Å². The molecule has 1 aliphatic rings. The number of aromatic carboxylic acids is 1. The van der Waals surface area contributed by atoms with E-state index in [2.05, 4.69) is 17.1 Å². The van der Waals surface area contributed by atoms with Gasteiger partial charge in [0.1, 0.15) is 5.75 Å². The number of nitrogens with one attached hydrogen (secondary N) is 1. The zero-order valence-electron chi connectivity index (χ0n) is 20.1. The van der Waals surface area contributed by atoms with E-state index in [4.69, 9.17) is 4.74 Å². The van der Waals surface area contributed by atoms with Crippen LogP contribution in [0.1, 0.15) is 59.7 Å². The summed E-state index contributed by atoms with van der Waals surface area (Å²) in [5.41, 5.74) is 3.49. The van der Waals surface area contributed by atoms with Gasteiger partial charge in [-0.2, -0.15) is 0 Å². The van der Waals surface area contributed by atoms with E-state index in [-0.39, 0.29) is 11.3 Å². The van der Waals surface area contributed by atoms with E-state index in [1.165, 1.54) is 12.5 Å². The number of piperidine rings is 1. The fourth-order valence-corrected chi connectivity index (χ4v) is 4.33. The van der Waals surface area contributed by atoms with E-state index in [0.717, 1.165) is 55.6 Å². The molecule has 3 aromatic rings. The molecule has 6 heteroatoms. The van der Waals surface area contributed by atoms with Crippen LogP contribution in [-0.2, 0) is 0 Å². The first kappa shape index (κ1) is 24.3. The zero-order chi connectivity index (χ0) is 24.6. The van der Waals surface area contributed by atoms with Gasteiger partial charge in [0.05, 0.1) is 23.4 Å². The van der Waals surface area contributed by atoms with Crippen molar-refractivity contribution in [3.8, 4) is 16.9 Å². The molecule has 35 heavy (non-hydrogen) atoms. The van der Waals surface area contributed by atoms with Crippen LogP contribution in [0.2, 0.25) is 0 Å². The maximum Gasteiger partial charge on any atom is 0.337 e. The summed E-state index contributed by atoms with van der Waals surface area (Å²) in [6, 6.07) is 20.3. The van der Waals surface area contributed by atoms with Gasteiger partial charge in [0.2, 0.25) is 0 Å². The second-order valence-electron chi connectivity index (χ2n) is 8.82. The quantitative estimate of drug-likeness (QED) is 0.349. The Kier molecular flexibility index (Phi) is 8.03. The molecule has 0 atom stereocenters. The SMILES string of the molecule is CCCCOc1cc(N2CCCCC2)ccc1C(=O)Nc1cc(-c2ccccc2)ccc1C(=O)O. The smallest absolute Gasteiger partial charge is 0.337 e. The molecule has 1 saturated heterocycles. The fourth-order valence-electron chi connectivity index (χ4n) is 4.33. The normalized spacial score (nSPS) is 13.3. The Hall–Kier alpha value is -3.80. The van der Waals surface area contributed by atoms with Crippen LogP contribution in [0.15, 0.2) is 66.7 Å². The average molecular weight is 473 g/mol. The minimum absolute atomic E-state index is 0.0384. The lowest BCUT2D eigenvalue weighted by Gasteiger charge is -2.29. The average Bonchev–Trinajstić information content (AvgIpc) is 2.89. The van der Waals surface area contributed by atoms with Crippen molar-refractivity contribution in [3.63, 3.8) is 0 Å². The number of carbonyl (C=O) groups is 2. The highest BCUT2D eigenvalue weighted by atomic mass is 16.5. The Morgan fingerprint density at radius 3 is 2.37 bits per heavy atom. The number of unbranched alkanes of at least 4 members (excludes halogenated alkanes) is 1. The van der Waals surface area contributed by atoms with Crippen molar-refractivity contribution in [1.82, 2.24) is 0 Å². The first-order valence-electron chi connectivity index (χ1n) is 12.3. The van der Waals surface area contributed by atoms with Gasteiger partial charge < -0.3 is 20.1 Å². The predicted molar refractivity (Wildman–Crippen MR) is 140 cm³/mol. The Morgan fingerprint density at radius 2 is 1.66 bits per heavy atom. The van der Waals surface area contributed by atoms with E-state index < -0.39 is 11.9 Å². The molecule has 6 nitrogen and oxygen atoms in total. The molecule has 1 aliphatic heterocycles. The third kappa shape index (κ3) is 6.01. The lowest BCUT2D eigenvalue weighted by Crippen LogP contribution is -2.29. The zero-order valence-corrected chi connectivity index (χ0v) is 20.1. The monoisotopic (exact) mass is 472 g/mol. The summed E-state index contributed by atoms with van der Waals surface area (Å²) in [5.74, 6) is -0.968. The molecule has 4 rings (SSSR count). The molecule has 0 radical (unpaired) electrons. The standard InChI is InChI=1S/C29H32N2O4/c1-2-3-18-35-27-20-23(31-16-8-5-9-17-31)13-15-25(27)28(32)30-26-19-22(12-14-24(26)29(33)34)21-10-6-4-7-11-21/h4,6-7,10-15,19-20H,2-3,5,8-9,16-18H2,1H3,(H,30,32)(H,33,34). The lowest BCUT2D eigenvalue weighted by molar-refractivity contribution is 0.0698. The van der Waals surface area contributed by atoms with Gasteiger partial charge in [-0.25, -0.2) is 4.79 Å². The minimum Gasteiger partial charge on any atom is -0.493 e. The Bertz CT molecular complexity index is 1170. The molecule has 0 bridgehead atoms. The summed E-state index contributed by atoms with van der Waals surface area (Å²) in [6.07, 6.45) is 5.43. The Balaban J connectivity index is 1.64. The third-order valence-corrected chi connectivity index (χ3v) is 6.29. The molecule has 3 aromatic carbocycles. The van der Waals surface area contributed by atoms with Crippen molar-refractivity contribution in [2.75, 3.05) is 29.9 Å². The van der Waals surface area contributed by atoms with Crippen LogP contribution in [0.5, 0.6) is 5.75 Å². The first-order chi connectivity index (χ1) is 17.1. The van der Waals surface area contributed by atoms with Gasteiger partial charge in [0.15, 0.2) is 0 Å². The Morgan fingerprint density at radius 1 is 0.914 bits per heavy atom. The molecule has 1 amide bonds. The van der Waals surface area contributed by atoms with Gasteiger partial charge in [-0.1, -0.05) is 49.7 Å². The van der Waals surface area contributed by atoms with E-state index in [9.17, 15) is 14.7 Å². The lowest BCUT2D eigenvalue weighted by atomic mass is 10.0. The molecular formula is C29H32N2O4. The first-order valence-corrected chi connectivity index (χ1v) is 12.3. The third-order valence-electron chi connectivity index (χ3n) is 6.29. The van der Waals surface area contributed by atoms with E-state index in [1.807, 2.05) is 42.5 Å². The summed E-state index contributed by atoms with van der Waals surface area (Å²) in [5, 5.41) is 12.5. The van der Waals surface area contributed by atoms with Crippen LogP contribution in [0.25, 0.3) is 11.1 Å². The number of anilines is 2. The van der Waals surface area contributed by atoms with Crippen molar-refractivity contribution in [2.24, 2.45) is 0 Å². The topological polar surface area (TPSA) is 78.9 Å². The molecular weight excluding hydrogens is 440 g/mol. The number of amides is 1. The number of rotatable bonds is 9. The molecule has 0 aliphatic carbocycles. The summed E-state index contributed by atoms with van der Waals surface area (Å²) in [6.45, 7) is 4.60. The van der Waals surface area contributed by atoms with E-state index in [0.29, 0.717) is 17.9 Å². The van der Waals surface area contributed by atoms with Crippen molar-refractivity contribution in [2.45, 2.75) is 39.0 Å². The van der Waals surface area contributed by atoms with E-state index >= 15 is 0 Å². The number of hydrogen-bond acceptors (Lipinski definition) is 4. The van der Waals surface area contributed by atoms with Crippen LogP contribution in [0.3, 0.4) is 0 Å². The molecule has 2 N–H and O–H groups in total. The van der Waals surface area contributed by atoms with Crippen LogP contribution >= 0.6 is 0 Å². The summed E-state index contributed by atoms with van der Waals surface area (Å²) in [7, 11) is 0. The maximum atomic E-state index is 13.4. The molecule has 0 spiro atoms. The molecule has 0 aromatic heterocycles. The number of carboxylic acid groups (broad SMARTS) is 1. The van der Waals surface area contributed by atoms with Crippen molar-refractivity contribution in [3.05, 3.63) is 77.9 Å². The number of ether oxygens (including phenoxy) is 1. The Labute approximate surface area is 206 Å². The van der Waals surface area contributed by atoms with Crippen LogP contribution in [0, 0.1) is 0 Å². The predicted octanol–water partition coefficient (Wildman–Crippen LogP) is 6.47. The van der Waals surface area contributed by atoms with Crippen molar-refractivity contribution < 1.29 is 19.4 Å². The van der Waals surface area contributed by atoms with Gasteiger partial charge in [0.25, 0.3) is 5.91 Å². The molecule has 1 heterocycles. The molecule has 0 unspecified atom stereocenters. The number of hydrogen-bond donors (Lipinski definition) is 2. The van der Waals surface area contributed by atoms with Crippen LogP contribution in [-0.4, -0.2) is 36.7 Å². The van der Waals surface area contributed by atoms with Crippen LogP contribution < -0.4 is 15.0 Å².